The number of hydrogen-bond acceptors (Lipinski definition) is 8. The molecule has 0 unspecified atom stereocenters. The van der Waals surface area contributed by atoms with E-state index in [1.807, 2.05) is 24.3 Å². The van der Waals surface area contributed by atoms with E-state index in [1.165, 1.54) is 0 Å². The number of carbonyl (C=O) groups excluding carboxylic acids is 2. The maximum Gasteiger partial charge on any atom is 0.354 e. The number of nitrogens with zero attached hydrogens (tertiary/aromatic N) is 5. The largest absolute Gasteiger partial charge is 0.461 e. The number of carbonyl (C=O) groups is 2. The van der Waals surface area contributed by atoms with E-state index in [0.29, 0.717) is 55.6 Å². The van der Waals surface area contributed by atoms with Crippen molar-refractivity contribution in [3.63, 3.8) is 0 Å². The summed E-state index contributed by atoms with van der Waals surface area (Å²) in [6.45, 7) is 5.42. The average molecular weight is 475 g/mol. The van der Waals surface area contributed by atoms with Crippen molar-refractivity contribution in [2.75, 3.05) is 31.6 Å². The molecule has 0 fully saturated rings. The number of anilines is 1. The first kappa shape index (κ1) is 22.6. The van der Waals surface area contributed by atoms with Gasteiger partial charge in [0.25, 0.3) is 5.91 Å². The third-order valence-electron chi connectivity index (χ3n) is 6.20. The molecule has 3 aromatic heterocycles. The van der Waals surface area contributed by atoms with Gasteiger partial charge in [-0.1, -0.05) is 17.3 Å². The zero-order valence-electron chi connectivity index (χ0n) is 19.9. The fourth-order valence-electron chi connectivity index (χ4n) is 4.43. The Kier molecular flexibility index (Phi) is 5.94. The molecule has 1 amide bonds. The Bertz CT molecular complexity index is 1420. The first-order chi connectivity index (χ1) is 17.0. The van der Waals surface area contributed by atoms with Gasteiger partial charge in [-0.25, -0.2) is 9.78 Å². The number of aromatic nitrogens is 4. The second-order valence-electron chi connectivity index (χ2n) is 8.37. The minimum absolute atomic E-state index is 0.0835. The van der Waals surface area contributed by atoms with Crippen LogP contribution in [0.25, 0.3) is 22.2 Å². The Hall–Kier alpha value is -4.21. The van der Waals surface area contributed by atoms with Crippen LogP contribution in [0.3, 0.4) is 0 Å². The second kappa shape index (κ2) is 9.21. The number of fused-ring (bicyclic) bond motifs is 2. The van der Waals surface area contributed by atoms with Crippen LogP contribution in [0.4, 0.5) is 5.82 Å². The van der Waals surface area contributed by atoms with Crippen LogP contribution in [-0.2, 0) is 18.2 Å². The van der Waals surface area contributed by atoms with Gasteiger partial charge in [0.1, 0.15) is 11.5 Å². The lowest BCUT2D eigenvalue weighted by Crippen LogP contribution is -2.40. The van der Waals surface area contributed by atoms with Crippen LogP contribution in [0.15, 0.2) is 41.1 Å². The van der Waals surface area contributed by atoms with E-state index in [9.17, 15) is 9.59 Å². The molecule has 0 saturated carbocycles. The highest BCUT2D eigenvalue weighted by atomic mass is 16.5. The minimum atomic E-state index is -0.414. The molecule has 1 aromatic carbocycles. The number of hydrogen-bond donors (Lipinski definition) is 1. The zero-order valence-corrected chi connectivity index (χ0v) is 19.9. The topological polar surface area (TPSA) is 115 Å². The van der Waals surface area contributed by atoms with Gasteiger partial charge in [-0.3, -0.25) is 4.79 Å². The van der Waals surface area contributed by atoms with Gasteiger partial charge in [0.2, 0.25) is 11.7 Å². The van der Waals surface area contributed by atoms with Crippen LogP contribution in [0.5, 0.6) is 0 Å². The van der Waals surface area contributed by atoms with Crippen molar-refractivity contribution in [2.45, 2.75) is 20.3 Å². The van der Waals surface area contributed by atoms with Crippen molar-refractivity contribution in [1.29, 1.82) is 0 Å². The van der Waals surface area contributed by atoms with Crippen LogP contribution in [0, 0.1) is 6.92 Å². The summed E-state index contributed by atoms with van der Waals surface area (Å²) in [5.41, 5.74) is 2.66. The molecule has 0 atom stereocenters. The number of ether oxygens (including phenoxy) is 1. The van der Waals surface area contributed by atoms with Gasteiger partial charge >= 0.3 is 5.97 Å². The average Bonchev–Trinajstić information content (AvgIpc) is 3.44. The standard InChI is InChI=1S/C25H26N6O4/c1-4-34-25(33)21-14-19-20(30(21)3)8-11-31(24(19)32)12-10-27-23-18-13-17(22-28-15(2)35-29-22)6-5-16(18)7-9-26-23/h5-7,9,13-14H,4,8,10-12H2,1-3H3,(H,26,27). The van der Waals surface area contributed by atoms with E-state index < -0.39 is 5.97 Å². The third-order valence-corrected chi connectivity index (χ3v) is 6.20. The van der Waals surface area contributed by atoms with Crippen molar-refractivity contribution in [3.05, 3.63) is 59.4 Å². The Morgan fingerprint density at radius 1 is 1.26 bits per heavy atom. The van der Waals surface area contributed by atoms with Gasteiger partial charge in [-0.15, -0.1) is 0 Å². The number of pyridine rings is 1. The summed E-state index contributed by atoms with van der Waals surface area (Å²) in [7, 11) is 1.80. The van der Waals surface area contributed by atoms with Crippen molar-refractivity contribution in [3.8, 4) is 11.4 Å². The molecule has 0 saturated heterocycles. The maximum atomic E-state index is 13.1. The Morgan fingerprint density at radius 2 is 2.11 bits per heavy atom. The Morgan fingerprint density at radius 3 is 2.89 bits per heavy atom. The minimum Gasteiger partial charge on any atom is -0.461 e. The summed E-state index contributed by atoms with van der Waals surface area (Å²) in [5, 5.41) is 9.33. The molecule has 4 aromatic rings. The summed E-state index contributed by atoms with van der Waals surface area (Å²) in [5.74, 6) is 1.26. The smallest absolute Gasteiger partial charge is 0.354 e. The number of benzene rings is 1. The van der Waals surface area contributed by atoms with E-state index in [2.05, 4.69) is 20.4 Å². The monoisotopic (exact) mass is 474 g/mol. The third kappa shape index (κ3) is 4.23. The predicted molar refractivity (Wildman–Crippen MR) is 129 cm³/mol. The molecule has 1 N–H and O–H groups in total. The number of amides is 1. The lowest BCUT2D eigenvalue weighted by Gasteiger charge is -2.27. The maximum absolute atomic E-state index is 13.1. The zero-order chi connectivity index (χ0) is 24.5. The Labute approximate surface area is 201 Å². The summed E-state index contributed by atoms with van der Waals surface area (Å²) in [4.78, 5) is 35.9. The van der Waals surface area contributed by atoms with Crippen LogP contribution >= 0.6 is 0 Å². The van der Waals surface area contributed by atoms with Crippen LogP contribution in [-0.4, -0.2) is 62.7 Å². The van der Waals surface area contributed by atoms with Gasteiger partial charge < -0.3 is 24.0 Å². The molecule has 0 spiro atoms. The molecule has 1 aliphatic rings. The number of rotatable bonds is 7. The molecular weight excluding hydrogens is 448 g/mol. The van der Waals surface area contributed by atoms with E-state index in [-0.39, 0.29) is 5.91 Å². The molecule has 1 aliphatic heterocycles. The molecule has 35 heavy (non-hydrogen) atoms. The van der Waals surface area contributed by atoms with Gasteiger partial charge in [0, 0.05) is 62.9 Å². The van der Waals surface area contributed by atoms with E-state index in [4.69, 9.17) is 9.26 Å². The molecule has 180 valence electrons. The SMILES string of the molecule is CCOC(=O)c1cc2c(n1C)CCN(CCNc1nccc3ccc(-c4noc(C)n4)cc13)C2=O. The van der Waals surface area contributed by atoms with Crippen molar-refractivity contribution < 1.29 is 18.8 Å². The highest BCUT2D eigenvalue weighted by molar-refractivity contribution is 6.00. The van der Waals surface area contributed by atoms with Gasteiger partial charge in [0.05, 0.1) is 12.2 Å². The van der Waals surface area contributed by atoms with Crippen LogP contribution in [0.1, 0.15) is 39.4 Å². The van der Waals surface area contributed by atoms with Crippen LogP contribution < -0.4 is 5.32 Å². The van der Waals surface area contributed by atoms with Crippen molar-refractivity contribution in [1.82, 2.24) is 24.6 Å². The number of nitrogens with one attached hydrogen (secondary N) is 1. The first-order valence-corrected chi connectivity index (χ1v) is 11.5. The highest BCUT2D eigenvalue weighted by Gasteiger charge is 2.30. The molecule has 0 radical (unpaired) electrons. The van der Waals surface area contributed by atoms with E-state index in [1.54, 1.807) is 42.6 Å². The van der Waals surface area contributed by atoms with Gasteiger partial charge in [-0.2, -0.15) is 4.98 Å². The van der Waals surface area contributed by atoms with Gasteiger partial charge in [0.15, 0.2) is 0 Å². The summed E-state index contributed by atoms with van der Waals surface area (Å²) < 4.78 is 12.0. The molecule has 4 heterocycles. The van der Waals surface area contributed by atoms with E-state index >= 15 is 0 Å². The second-order valence-corrected chi connectivity index (χ2v) is 8.37. The molecule has 0 bridgehead atoms. The summed E-state index contributed by atoms with van der Waals surface area (Å²) >= 11 is 0. The van der Waals surface area contributed by atoms with Gasteiger partial charge in [-0.05, 0) is 30.5 Å². The fourth-order valence-corrected chi connectivity index (χ4v) is 4.43. The van der Waals surface area contributed by atoms with E-state index in [0.717, 1.165) is 27.8 Å². The van der Waals surface area contributed by atoms with Crippen molar-refractivity contribution in [2.24, 2.45) is 7.05 Å². The summed E-state index contributed by atoms with van der Waals surface area (Å²) in [6, 6.07) is 9.51. The highest BCUT2D eigenvalue weighted by Crippen LogP contribution is 2.27. The molecular formula is C25H26N6O4. The quantitative estimate of drug-likeness (QED) is 0.406. The Balaban J connectivity index is 1.30. The molecule has 10 heteroatoms. The molecule has 5 rings (SSSR count). The molecule has 0 aliphatic carbocycles. The molecule has 10 nitrogen and oxygen atoms in total. The normalized spacial score (nSPS) is 13.2. The first-order valence-electron chi connectivity index (χ1n) is 11.5. The fraction of sp³-hybridized carbons (Fsp3) is 0.320. The number of aryl methyl sites for hydroxylation is 1. The van der Waals surface area contributed by atoms with Crippen LogP contribution in [0.2, 0.25) is 0 Å². The number of esters is 1. The summed E-state index contributed by atoms with van der Waals surface area (Å²) in [6.07, 6.45) is 2.43. The van der Waals surface area contributed by atoms with Crippen molar-refractivity contribution >= 4 is 28.5 Å². The lowest BCUT2D eigenvalue weighted by molar-refractivity contribution is 0.0514. The predicted octanol–water partition coefficient (Wildman–Crippen LogP) is 3.22. The lowest BCUT2D eigenvalue weighted by atomic mass is 10.1.